The molecule has 88 valence electrons. The predicted octanol–water partition coefficient (Wildman–Crippen LogP) is 5.03. The van der Waals surface area contributed by atoms with Gasteiger partial charge in [-0.05, 0) is 11.8 Å². The summed E-state index contributed by atoms with van der Waals surface area (Å²) in [6.45, 7) is 19.1. The van der Waals surface area contributed by atoms with E-state index in [1.54, 1.807) is 0 Å². The molecular formula is C13H30O. The van der Waals surface area contributed by atoms with Crippen molar-refractivity contribution in [3.63, 3.8) is 0 Å². The van der Waals surface area contributed by atoms with Gasteiger partial charge in [0.15, 0.2) is 0 Å². The van der Waals surface area contributed by atoms with Gasteiger partial charge in [-0.25, -0.2) is 0 Å². The van der Waals surface area contributed by atoms with Crippen LogP contribution in [0.5, 0.6) is 0 Å². The van der Waals surface area contributed by atoms with Crippen LogP contribution in [0.3, 0.4) is 0 Å². The zero-order valence-corrected chi connectivity index (χ0v) is 11.3. The lowest BCUT2D eigenvalue weighted by molar-refractivity contribution is 0.245. The molecule has 0 aliphatic heterocycles. The van der Waals surface area contributed by atoms with Gasteiger partial charge in [0, 0.05) is 0 Å². The van der Waals surface area contributed by atoms with Gasteiger partial charge in [-0.15, -0.1) is 0 Å². The van der Waals surface area contributed by atoms with E-state index in [0.717, 1.165) is 13.0 Å². The fourth-order valence-corrected chi connectivity index (χ4v) is 0.311. The predicted molar refractivity (Wildman–Crippen MR) is 67.5 cm³/mol. The molecule has 0 N–H and O–H groups in total. The quantitative estimate of drug-likeness (QED) is 0.459. The molecule has 0 radical (unpaired) electrons. The van der Waals surface area contributed by atoms with Crippen LogP contribution in [0.25, 0.3) is 0 Å². The molecule has 0 atom stereocenters. The van der Waals surface area contributed by atoms with E-state index in [0.29, 0.717) is 5.41 Å². The summed E-state index contributed by atoms with van der Waals surface area (Å²) in [5, 5.41) is 0. The van der Waals surface area contributed by atoms with Gasteiger partial charge in [0.25, 0.3) is 0 Å². The summed E-state index contributed by atoms with van der Waals surface area (Å²) < 4.78 is 4.84. The molecule has 0 saturated heterocycles. The highest BCUT2D eigenvalue weighted by Gasteiger charge is 1.95. The summed E-state index contributed by atoms with van der Waals surface area (Å²) in [5.41, 5.74) is 0.500. The monoisotopic (exact) mass is 202 g/mol. The highest BCUT2D eigenvalue weighted by Crippen LogP contribution is 2.08. The van der Waals surface area contributed by atoms with Gasteiger partial charge >= 0.3 is 0 Å². The maximum Gasteiger partial charge on any atom is 0.0872 e. The molecule has 0 amide bonds. The van der Waals surface area contributed by atoms with Crippen LogP contribution >= 0.6 is 0 Å². The summed E-state index contributed by atoms with van der Waals surface area (Å²) in [4.78, 5) is 0. The first-order chi connectivity index (χ1) is 6.41. The second kappa shape index (κ2) is 15.0. The van der Waals surface area contributed by atoms with E-state index in [4.69, 9.17) is 4.74 Å². The van der Waals surface area contributed by atoms with Crippen molar-refractivity contribution in [2.75, 3.05) is 6.61 Å². The summed E-state index contributed by atoms with van der Waals surface area (Å²) in [6, 6.07) is 0. The van der Waals surface area contributed by atoms with Gasteiger partial charge in [0.05, 0.1) is 12.9 Å². The lowest BCUT2D eigenvalue weighted by atomic mass is 10.0. The molecule has 0 aromatic heterocycles. The zero-order chi connectivity index (χ0) is 12.0. The van der Waals surface area contributed by atoms with Gasteiger partial charge in [-0.3, -0.25) is 0 Å². The molecule has 0 saturated carbocycles. The Morgan fingerprint density at radius 1 is 1.14 bits per heavy atom. The topological polar surface area (TPSA) is 9.23 Å². The minimum Gasteiger partial charge on any atom is -0.502 e. The zero-order valence-electron chi connectivity index (χ0n) is 11.3. The third-order valence-electron chi connectivity index (χ3n) is 0.734. The molecular weight excluding hydrogens is 172 g/mol. The normalized spacial score (nSPS) is 8.79. The summed E-state index contributed by atoms with van der Waals surface area (Å²) >= 11 is 0. The van der Waals surface area contributed by atoms with Crippen LogP contribution in [0.15, 0.2) is 12.8 Å². The molecule has 0 spiro atoms. The average molecular weight is 202 g/mol. The number of hydrogen-bond acceptors (Lipinski definition) is 1. The number of rotatable bonds is 4. The minimum atomic E-state index is 0.500. The fourth-order valence-electron chi connectivity index (χ4n) is 0.311. The van der Waals surface area contributed by atoms with E-state index in [1.807, 2.05) is 13.8 Å². The summed E-state index contributed by atoms with van der Waals surface area (Å²) in [6.07, 6.45) is 3.80. The molecule has 0 aromatic rings. The third-order valence-corrected chi connectivity index (χ3v) is 0.734. The SMILES string of the molecule is C=COCCCC.CC.CC(C)(C)C. The molecule has 0 unspecified atom stereocenters. The van der Waals surface area contributed by atoms with Crippen molar-refractivity contribution in [1.82, 2.24) is 0 Å². The van der Waals surface area contributed by atoms with Crippen molar-refractivity contribution in [1.29, 1.82) is 0 Å². The highest BCUT2D eigenvalue weighted by atomic mass is 16.5. The van der Waals surface area contributed by atoms with Gasteiger partial charge in [0.2, 0.25) is 0 Å². The Balaban J connectivity index is -0.000000152. The number of unbranched alkanes of at least 4 members (excludes halogenated alkanes) is 1. The first-order valence-corrected chi connectivity index (χ1v) is 5.64. The molecule has 14 heavy (non-hydrogen) atoms. The van der Waals surface area contributed by atoms with Crippen LogP contribution < -0.4 is 0 Å². The van der Waals surface area contributed by atoms with E-state index < -0.39 is 0 Å². The average Bonchev–Trinajstić information content (AvgIpc) is 2.06. The Morgan fingerprint density at radius 2 is 1.50 bits per heavy atom. The number of ether oxygens (including phenoxy) is 1. The smallest absolute Gasteiger partial charge is 0.0872 e. The molecule has 0 rings (SSSR count). The maximum atomic E-state index is 4.84. The van der Waals surface area contributed by atoms with Gasteiger partial charge in [0.1, 0.15) is 0 Å². The molecule has 0 heterocycles. The van der Waals surface area contributed by atoms with Crippen molar-refractivity contribution < 1.29 is 4.74 Å². The van der Waals surface area contributed by atoms with Crippen LogP contribution in [0.4, 0.5) is 0 Å². The second-order valence-electron chi connectivity index (χ2n) is 4.39. The number of hydrogen-bond donors (Lipinski definition) is 0. The minimum absolute atomic E-state index is 0.500. The van der Waals surface area contributed by atoms with E-state index in [9.17, 15) is 0 Å². The molecule has 0 aromatic carbocycles. The standard InChI is InChI=1S/C6H12O.C5H12.C2H6/c1-3-5-6-7-4-2;1-5(2,3)4;1-2/h4H,2-3,5-6H2,1H3;1-4H3;1-2H3. The molecule has 0 aliphatic carbocycles. The third kappa shape index (κ3) is 102. The van der Waals surface area contributed by atoms with Crippen molar-refractivity contribution in [2.45, 2.75) is 61.3 Å². The van der Waals surface area contributed by atoms with Crippen molar-refractivity contribution in [2.24, 2.45) is 5.41 Å². The Hall–Kier alpha value is -0.460. The maximum absolute atomic E-state index is 4.84. The molecule has 0 aliphatic rings. The first-order valence-electron chi connectivity index (χ1n) is 5.64. The molecule has 0 fully saturated rings. The Kier molecular flexibility index (Phi) is 20.6. The second-order valence-corrected chi connectivity index (χ2v) is 4.39. The van der Waals surface area contributed by atoms with Gasteiger partial charge < -0.3 is 4.74 Å². The van der Waals surface area contributed by atoms with Crippen LogP contribution in [0.2, 0.25) is 0 Å². The molecule has 1 nitrogen and oxygen atoms in total. The summed E-state index contributed by atoms with van der Waals surface area (Å²) in [5.74, 6) is 0. The lowest BCUT2D eigenvalue weighted by Crippen LogP contribution is -1.93. The van der Waals surface area contributed by atoms with Gasteiger partial charge in [-0.1, -0.05) is 61.5 Å². The van der Waals surface area contributed by atoms with Crippen molar-refractivity contribution >= 4 is 0 Å². The largest absolute Gasteiger partial charge is 0.502 e. The van der Waals surface area contributed by atoms with Crippen LogP contribution in [-0.2, 0) is 4.74 Å². The Bertz CT molecular complexity index is 83.9. The highest BCUT2D eigenvalue weighted by molar-refractivity contribution is 4.48. The fraction of sp³-hybridized carbons (Fsp3) is 0.846. The van der Waals surface area contributed by atoms with E-state index >= 15 is 0 Å². The van der Waals surface area contributed by atoms with Crippen molar-refractivity contribution in [3.05, 3.63) is 12.8 Å². The molecule has 0 bridgehead atoms. The first kappa shape index (κ1) is 19.2. The van der Waals surface area contributed by atoms with Gasteiger partial charge in [-0.2, -0.15) is 0 Å². The van der Waals surface area contributed by atoms with E-state index in [2.05, 4.69) is 41.2 Å². The lowest BCUT2D eigenvalue weighted by Gasteiger charge is -2.05. The Labute approximate surface area is 91.6 Å². The molecule has 1 heteroatoms. The van der Waals surface area contributed by atoms with Crippen LogP contribution in [0.1, 0.15) is 61.3 Å². The summed E-state index contributed by atoms with van der Waals surface area (Å²) in [7, 11) is 0. The van der Waals surface area contributed by atoms with Crippen LogP contribution in [0, 0.1) is 5.41 Å². The van der Waals surface area contributed by atoms with Crippen LogP contribution in [-0.4, -0.2) is 6.61 Å². The van der Waals surface area contributed by atoms with E-state index in [-0.39, 0.29) is 0 Å². The van der Waals surface area contributed by atoms with E-state index in [1.165, 1.54) is 12.7 Å². The Morgan fingerprint density at radius 3 is 1.71 bits per heavy atom. The van der Waals surface area contributed by atoms with Crippen molar-refractivity contribution in [3.8, 4) is 0 Å².